The van der Waals surface area contributed by atoms with Crippen molar-refractivity contribution in [1.82, 2.24) is 0 Å². The Morgan fingerprint density at radius 1 is 1.14 bits per heavy atom. The first-order chi connectivity index (χ1) is 6.92. The van der Waals surface area contributed by atoms with E-state index in [9.17, 15) is 0 Å². The largest absolute Gasteiger partial charge is 0.323 e. The van der Waals surface area contributed by atoms with Crippen molar-refractivity contribution in [2.24, 2.45) is 10.9 Å². The number of rotatable bonds is 1. The molecule has 1 unspecified atom stereocenters. The molecule has 2 heteroatoms. The van der Waals surface area contributed by atoms with Gasteiger partial charge in [0.15, 0.2) is 0 Å². The molecule has 0 radical (unpaired) electrons. The van der Waals surface area contributed by atoms with E-state index in [0.29, 0.717) is 5.92 Å². The fourth-order valence-corrected chi connectivity index (χ4v) is 2.19. The molecule has 1 aliphatic carbocycles. The van der Waals surface area contributed by atoms with E-state index in [1.165, 1.54) is 30.5 Å². The monoisotopic (exact) mass is 188 g/mol. The maximum Gasteiger partial charge on any atom is 0.0450 e. The molecule has 0 amide bonds. The Kier molecular flexibility index (Phi) is 2.82. The molecule has 1 aromatic carbocycles. The fraction of sp³-hybridized carbons (Fsp3) is 0.417. The lowest BCUT2D eigenvalue weighted by Gasteiger charge is -2.23. The van der Waals surface area contributed by atoms with Crippen LogP contribution in [-0.4, -0.2) is 5.71 Å². The van der Waals surface area contributed by atoms with Crippen LogP contribution in [0.15, 0.2) is 35.4 Å². The molecule has 1 aliphatic rings. The summed E-state index contributed by atoms with van der Waals surface area (Å²) in [6.07, 6.45) is 4.79. The van der Waals surface area contributed by atoms with Crippen LogP contribution in [0.1, 0.15) is 37.2 Å². The van der Waals surface area contributed by atoms with Crippen LogP contribution in [0.3, 0.4) is 0 Å². The quantitative estimate of drug-likeness (QED) is 0.534. The lowest BCUT2D eigenvalue weighted by atomic mass is 9.82. The van der Waals surface area contributed by atoms with E-state index in [1.807, 2.05) is 6.07 Å². The molecular formula is C12H16N2. The molecule has 1 aromatic rings. The standard InChI is InChI=1S/C12H16N2/c13-14-12-9-5-4-8-11(12)10-6-2-1-3-7-10/h1-3,6-7,11H,4-5,8-9,13H2/b14-12-. The van der Waals surface area contributed by atoms with Gasteiger partial charge in [0, 0.05) is 11.6 Å². The highest BCUT2D eigenvalue weighted by atomic mass is 15.1. The average molecular weight is 188 g/mol. The predicted molar refractivity (Wildman–Crippen MR) is 59.3 cm³/mol. The molecule has 74 valence electrons. The van der Waals surface area contributed by atoms with Gasteiger partial charge in [0.1, 0.15) is 0 Å². The van der Waals surface area contributed by atoms with Gasteiger partial charge < -0.3 is 5.84 Å². The lowest BCUT2D eigenvalue weighted by molar-refractivity contribution is 0.610. The number of nitrogens with two attached hydrogens (primary N) is 1. The summed E-state index contributed by atoms with van der Waals surface area (Å²) in [5.41, 5.74) is 2.53. The van der Waals surface area contributed by atoms with Crippen molar-refractivity contribution in [1.29, 1.82) is 0 Å². The van der Waals surface area contributed by atoms with Crippen LogP contribution < -0.4 is 5.84 Å². The van der Waals surface area contributed by atoms with Crippen molar-refractivity contribution in [3.8, 4) is 0 Å². The zero-order chi connectivity index (χ0) is 9.80. The summed E-state index contributed by atoms with van der Waals surface area (Å²) in [7, 11) is 0. The van der Waals surface area contributed by atoms with Crippen molar-refractivity contribution in [2.45, 2.75) is 31.6 Å². The molecule has 0 saturated heterocycles. The minimum Gasteiger partial charge on any atom is -0.323 e. The Hall–Kier alpha value is -1.31. The summed E-state index contributed by atoms with van der Waals surface area (Å²) in [6.45, 7) is 0. The number of nitrogens with zero attached hydrogens (tertiary/aromatic N) is 1. The predicted octanol–water partition coefficient (Wildman–Crippen LogP) is 2.66. The van der Waals surface area contributed by atoms with Crippen molar-refractivity contribution < 1.29 is 0 Å². The normalized spacial score (nSPS) is 25.1. The fourth-order valence-electron chi connectivity index (χ4n) is 2.19. The van der Waals surface area contributed by atoms with Gasteiger partial charge in [0.2, 0.25) is 0 Å². The maximum absolute atomic E-state index is 5.42. The second-order valence-corrected chi connectivity index (χ2v) is 3.83. The molecule has 14 heavy (non-hydrogen) atoms. The highest BCUT2D eigenvalue weighted by Crippen LogP contribution is 2.30. The van der Waals surface area contributed by atoms with Gasteiger partial charge in [-0.1, -0.05) is 36.8 Å². The third-order valence-electron chi connectivity index (χ3n) is 2.95. The summed E-state index contributed by atoms with van der Waals surface area (Å²) >= 11 is 0. The molecule has 0 aromatic heterocycles. The van der Waals surface area contributed by atoms with Gasteiger partial charge in [0.05, 0.1) is 0 Å². The van der Waals surface area contributed by atoms with Gasteiger partial charge in [-0.2, -0.15) is 5.10 Å². The molecule has 2 nitrogen and oxygen atoms in total. The van der Waals surface area contributed by atoms with E-state index in [1.54, 1.807) is 0 Å². The smallest absolute Gasteiger partial charge is 0.0450 e. The highest BCUT2D eigenvalue weighted by Gasteiger charge is 2.21. The van der Waals surface area contributed by atoms with Gasteiger partial charge in [0.25, 0.3) is 0 Å². The van der Waals surface area contributed by atoms with E-state index in [0.717, 1.165) is 6.42 Å². The molecule has 0 aliphatic heterocycles. The lowest BCUT2D eigenvalue weighted by Crippen LogP contribution is -2.18. The van der Waals surface area contributed by atoms with E-state index >= 15 is 0 Å². The van der Waals surface area contributed by atoms with Gasteiger partial charge >= 0.3 is 0 Å². The van der Waals surface area contributed by atoms with Crippen LogP contribution in [0, 0.1) is 0 Å². The Bertz CT molecular complexity index is 316. The van der Waals surface area contributed by atoms with Gasteiger partial charge in [-0.3, -0.25) is 0 Å². The van der Waals surface area contributed by atoms with Crippen LogP contribution in [0.2, 0.25) is 0 Å². The zero-order valence-electron chi connectivity index (χ0n) is 8.32. The van der Waals surface area contributed by atoms with Crippen molar-refractivity contribution in [3.63, 3.8) is 0 Å². The first-order valence-electron chi connectivity index (χ1n) is 5.23. The Morgan fingerprint density at radius 2 is 1.93 bits per heavy atom. The van der Waals surface area contributed by atoms with Crippen molar-refractivity contribution in [2.75, 3.05) is 0 Å². The summed E-state index contributed by atoms with van der Waals surface area (Å²) in [6, 6.07) is 10.5. The maximum atomic E-state index is 5.42. The van der Waals surface area contributed by atoms with E-state index in [-0.39, 0.29) is 0 Å². The van der Waals surface area contributed by atoms with Crippen LogP contribution >= 0.6 is 0 Å². The zero-order valence-corrected chi connectivity index (χ0v) is 8.32. The Balaban J connectivity index is 2.24. The number of hydrazone groups is 1. The molecule has 1 saturated carbocycles. The topological polar surface area (TPSA) is 38.4 Å². The first kappa shape index (κ1) is 9.25. The number of hydrogen-bond donors (Lipinski definition) is 1. The molecule has 0 bridgehead atoms. The van der Waals surface area contributed by atoms with Crippen LogP contribution in [0.5, 0.6) is 0 Å². The third-order valence-corrected chi connectivity index (χ3v) is 2.95. The average Bonchev–Trinajstić information content (AvgIpc) is 2.30. The van der Waals surface area contributed by atoms with E-state index < -0.39 is 0 Å². The molecular weight excluding hydrogens is 172 g/mol. The molecule has 2 rings (SSSR count). The van der Waals surface area contributed by atoms with Gasteiger partial charge in [-0.25, -0.2) is 0 Å². The Labute approximate surface area is 84.8 Å². The molecule has 2 N–H and O–H groups in total. The summed E-state index contributed by atoms with van der Waals surface area (Å²) in [5.74, 6) is 5.89. The van der Waals surface area contributed by atoms with Gasteiger partial charge in [-0.05, 0) is 24.8 Å². The first-order valence-corrected chi connectivity index (χ1v) is 5.23. The van der Waals surface area contributed by atoms with Crippen LogP contribution in [-0.2, 0) is 0 Å². The minimum absolute atomic E-state index is 0.468. The summed E-state index contributed by atoms with van der Waals surface area (Å²) in [4.78, 5) is 0. The van der Waals surface area contributed by atoms with Crippen LogP contribution in [0.4, 0.5) is 0 Å². The number of hydrogen-bond acceptors (Lipinski definition) is 2. The highest BCUT2D eigenvalue weighted by molar-refractivity contribution is 5.91. The molecule has 1 fully saturated rings. The summed E-state index contributed by atoms with van der Waals surface area (Å²) in [5, 5.41) is 3.92. The molecule has 0 heterocycles. The van der Waals surface area contributed by atoms with Crippen molar-refractivity contribution in [3.05, 3.63) is 35.9 Å². The third kappa shape index (κ3) is 1.79. The SMILES string of the molecule is N/N=C1/CCCCC1c1ccccc1. The second-order valence-electron chi connectivity index (χ2n) is 3.83. The van der Waals surface area contributed by atoms with Crippen LogP contribution in [0.25, 0.3) is 0 Å². The second kappa shape index (κ2) is 4.27. The Morgan fingerprint density at radius 3 is 2.64 bits per heavy atom. The molecule has 1 atom stereocenters. The summed E-state index contributed by atoms with van der Waals surface area (Å²) < 4.78 is 0. The minimum atomic E-state index is 0.468. The van der Waals surface area contributed by atoms with Gasteiger partial charge in [-0.15, -0.1) is 0 Å². The van der Waals surface area contributed by atoms with E-state index in [4.69, 9.17) is 5.84 Å². The number of benzene rings is 1. The van der Waals surface area contributed by atoms with E-state index in [2.05, 4.69) is 29.4 Å². The van der Waals surface area contributed by atoms with Crippen molar-refractivity contribution >= 4 is 5.71 Å². The molecule has 0 spiro atoms.